The van der Waals surface area contributed by atoms with Gasteiger partial charge >= 0.3 is 11.4 Å². The molecule has 1 saturated heterocycles. The number of carbonyl (C=O) groups excluding carboxylic acids is 2. The number of aromatic hydroxyl groups is 1. The number of hydrogen-bond donors (Lipinski definition) is 1. The van der Waals surface area contributed by atoms with Crippen molar-refractivity contribution in [3.63, 3.8) is 0 Å². The lowest BCUT2D eigenvalue weighted by molar-refractivity contribution is -0.124. The first-order valence-electron chi connectivity index (χ1n) is 19.2. The number of benzene rings is 4. The minimum atomic E-state index is -1.55. The Bertz CT molecular complexity index is 2990. The molecule has 4 heterocycles. The van der Waals surface area contributed by atoms with Crippen LogP contribution in [0.2, 0.25) is 5.02 Å². The number of methoxy groups -OCH3 is 3. The maximum absolute atomic E-state index is 15.4. The van der Waals surface area contributed by atoms with E-state index in [1.54, 1.807) is 67.7 Å². The highest BCUT2D eigenvalue weighted by Crippen LogP contribution is 2.62. The van der Waals surface area contributed by atoms with Gasteiger partial charge in [-0.1, -0.05) is 60.1 Å². The van der Waals surface area contributed by atoms with Crippen LogP contribution >= 0.6 is 11.6 Å². The van der Waals surface area contributed by atoms with Gasteiger partial charge in [-0.3, -0.25) is 14.4 Å². The summed E-state index contributed by atoms with van der Waals surface area (Å²) in [7, 11) is 6.02. The molecule has 1 N–H and O–H groups in total. The standard InChI is InChI=1S/C44H39ClN6O9/c1-47-33-23-37(60-4)36(59-3)22-31(33)46-30(40(47)54)16-17-48-42(56)49-18-15-28-32(51(49)43(48)57)21-29-39(53)50(27-12-8-11-26(45)20-27)41(55)44(29,25-9-6-5-7-10-25)38(28)24-13-14-35(58-2)34(52)19-24/h5-15,19-20,22-23,29,32,38,52H,16-18,21H2,1-4H3. The molecule has 9 rings (SSSR count). The van der Waals surface area contributed by atoms with Crippen LogP contribution in [0.1, 0.15) is 35.2 Å². The molecule has 6 aromatic rings. The van der Waals surface area contributed by atoms with E-state index in [-0.39, 0.29) is 43.1 Å². The Labute approximate surface area is 346 Å². The van der Waals surface area contributed by atoms with E-state index in [0.717, 1.165) is 4.57 Å². The van der Waals surface area contributed by atoms with Crippen LogP contribution < -0.4 is 36.0 Å². The van der Waals surface area contributed by atoms with E-state index in [1.165, 1.54) is 46.2 Å². The van der Waals surface area contributed by atoms with Gasteiger partial charge in [-0.05, 0) is 53.5 Å². The topological polar surface area (TPSA) is 169 Å². The van der Waals surface area contributed by atoms with E-state index in [4.69, 9.17) is 25.8 Å². The fourth-order valence-corrected chi connectivity index (χ4v) is 9.78. The van der Waals surface area contributed by atoms with Gasteiger partial charge in [0.15, 0.2) is 23.0 Å². The number of amides is 2. The minimum absolute atomic E-state index is 0.0115. The molecule has 2 aromatic heterocycles. The van der Waals surface area contributed by atoms with E-state index in [0.29, 0.717) is 49.9 Å². The van der Waals surface area contributed by atoms with Crippen molar-refractivity contribution in [1.82, 2.24) is 23.5 Å². The summed E-state index contributed by atoms with van der Waals surface area (Å²) in [5.41, 5.74) is -0.100. The molecule has 2 aliphatic heterocycles. The van der Waals surface area contributed by atoms with Gasteiger partial charge in [0, 0.05) is 43.1 Å². The second-order valence-electron chi connectivity index (χ2n) is 15.1. The number of anilines is 1. The largest absolute Gasteiger partial charge is 0.504 e. The first-order valence-corrected chi connectivity index (χ1v) is 19.6. The average molecular weight is 831 g/mol. The fraction of sp³-hybridized carbons (Fsp3) is 0.273. The van der Waals surface area contributed by atoms with Crippen LogP contribution in [-0.2, 0) is 41.6 Å². The van der Waals surface area contributed by atoms with Crippen LogP contribution in [0.25, 0.3) is 11.0 Å². The first-order chi connectivity index (χ1) is 28.9. The van der Waals surface area contributed by atoms with Gasteiger partial charge in [-0.15, -0.1) is 0 Å². The second-order valence-corrected chi connectivity index (χ2v) is 15.5. The van der Waals surface area contributed by atoms with Gasteiger partial charge < -0.3 is 23.9 Å². The molecule has 0 spiro atoms. The number of hydrogen-bond acceptors (Lipinski definition) is 10. The number of phenols is 1. The summed E-state index contributed by atoms with van der Waals surface area (Å²) < 4.78 is 21.4. The van der Waals surface area contributed by atoms with Crippen molar-refractivity contribution in [3.8, 4) is 23.0 Å². The molecule has 1 saturated carbocycles. The molecule has 4 aromatic carbocycles. The van der Waals surface area contributed by atoms with E-state index in [9.17, 15) is 24.3 Å². The highest BCUT2D eigenvalue weighted by Gasteiger charge is 2.68. The van der Waals surface area contributed by atoms with Crippen molar-refractivity contribution in [2.24, 2.45) is 13.0 Å². The first kappa shape index (κ1) is 38.6. The number of aromatic nitrogens is 5. The zero-order valence-electron chi connectivity index (χ0n) is 33.0. The lowest BCUT2D eigenvalue weighted by Crippen LogP contribution is -2.53. The molecule has 0 radical (unpaired) electrons. The number of allylic oxidation sites excluding steroid dienone is 2. The van der Waals surface area contributed by atoms with Crippen LogP contribution in [0.5, 0.6) is 23.0 Å². The van der Waals surface area contributed by atoms with Crippen molar-refractivity contribution in [1.29, 1.82) is 0 Å². The van der Waals surface area contributed by atoms with E-state index >= 15 is 4.79 Å². The zero-order valence-corrected chi connectivity index (χ0v) is 33.8. The van der Waals surface area contributed by atoms with Gasteiger partial charge in [-0.25, -0.2) is 33.4 Å². The Balaban J connectivity index is 1.19. The van der Waals surface area contributed by atoms with Crippen molar-refractivity contribution in [2.75, 3.05) is 26.2 Å². The number of nitrogens with zero attached hydrogens (tertiary/aromatic N) is 6. The molecule has 2 amide bonds. The molecule has 2 fully saturated rings. The average Bonchev–Trinajstić information content (AvgIpc) is 3.64. The predicted octanol–water partition coefficient (Wildman–Crippen LogP) is 4.48. The quantitative estimate of drug-likeness (QED) is 0.162. The predicted molar refractivity (Wildman–Crippen MR) is 221 cm³/mol. The van der Waals surface area contributed by atoms with E-state index in [2.05, 4.69) is 4.98 Å². The summed E-state index contributed by atoms with van der Waals surface area (Å²) in [5.74, 6) is -2.04. The third-order valence-electron chi connectivity index (χ3n) is 12.3. The van der Waals surface area contributed by atoms with Crippen LogP contribution in [0.3, 0.4) is 0 Å². The monoisotopic (exact) mass is 830 g/mol. The van der Waals surface area contributed by atoms with Gasteiger partial charge in [0.25, 0.3) is 5.56 Å². The Kier molecular flexibility index (Phi) is 9.30. The summed E-state index contributed by atoms with van der Waals surface area (Å²) in [6.45, 7) is -0.195. The van der Waals surface area contributed by atoms with Crippen molar-refractivity contribution < 1.29 is 28.9 Å². The highest BCUT2D eigenvalue weighted by molar-refractivity contribution is 6.32. The molecular formula is C44H39ClN6O9. The van der Waals surface area contributed by atoms with Gasteiger partial charge in [0.1, 0.15) is 5.69 Å². The summed E-state index contributed by atoms with van der Waals surface area (Å²) in [6, 6.07) is 22.9. The fourth-order valence-electron chi connectivity index (χ4n) is 9.60. The molecular weight excluding hydrogens is 792 g/mol. The maximum Gasteiger partial charge on any atom is 0.347 e. The molecule has 4 atom stereocenters. The molecule has 0 bridgehead atoms. The third-order valence-corrected chi connectivity index (χ3v) is 12.5. The van der Waals surface area contributed by atoms with Crippen LogP contribution in [0.15, 0.2) is 111 Å². The van der Waals surface area contributed by atoms with Gasteiger partial charge in [0.2, 0.25) is 11.8 Å². The number of phenolic OH excluding ortho intramolecular Hbond substituents is 1. The molecule has 1 aliphatic carbocycles. The summed E-state index contributed by atoms with van der Waals surface area (Å²) in [4.78, 5) is 78.5. The third kappa shape index (κ3) is 5.55. The summed E-state index contributed by atoms with van der Waals surface area (Å²) in [5, 5.41) is 11.5. The summed E-state index contributed by atoms with van der Waals surface area (Å²) in [6.07, 6.45) is 1.78. The van der Waals surface area contributed by atoms with E-state index < -0.39 is 52.0 Å². The molecule has 60 heavy (non-hydrogen) atoms. The number of fused-ring (bicyclic) bond motifs is 5. The Morgan fingerprint density at radius 3 is 2.28 bits per heavy atom. The van der Waals surface area contributed by atoms with Crippen molar-refractivity contribution >= 4 is 40.1 Å². The molecule has 15 nitrogen and oxygen atoms in total. The second kappa shape index (κ2) is 14.4. The molecule has 4 unspecified atom stereocenters. The Hall–Kier alpha value is -6.87. The molecule has 16 heteroatoms. The van der Waals surface area contributed by atoms with E-state index in [1.807, 2.05) is 24.3 Å². The Morgan fingerprint density at radius 1 is 0.850 bits per heavy atom. The number of carbonyl (C=O) groups is 2. The maximum atomic E-state index is 15.4. The lowest BCUT2D eigenvalue weighted by Gasteiger charge is -2.49. The van der Waals surface area contributed by atoms with Crippen LogP contribution in [0.4, 0.5) is 5.69 Å². The highest BCUT2D eigenvalue weighted by atomic mass is 35.5. The normalized spacial score (nSPS) is 20.7. The zero-order chi connectivity index (χ0) is 42.2. The van der Waals surface area contributed by atoms with Gasteiger partial charge in [-0.2, -0.15) is 0 Å². The number of rotatable bonds is 9. The smallest absolute Gasteiger partial charge is 0.347 e. The number of aryl methyl sites for hydroxylation is 2. The minimum Gasteiger partial charge on any atom is -0.504 e. The molecule has 3 aliphatic rings. The number of ether oxygens (including phenoxy) is 3. The van der Waals surface area contributed by atoms with Crippen molar-refractivity contribution in [2.45, 2.75) is 43.3 Å². The number of halogens is 1. The Morgan fingerprint density at radius 2 is 1.58 bits per heavy atom. The number of imide groups is 1. The molecule has 306 valence electrons. The van der Waals surface area contributed by atoms with Gasteiger partial charge in [0.05, 0.1) is 62.0 Å². The lowest BCUT2D eigenvalue weighted by atomic mass is 9.53. The van der Waals surface area contributed by atoms with Crippen LogP contribution in [-0.4, -0.2) is 61.7 Å². The van der Waals surface area contributed by atoms with Crippen LogP contribution in [0, 0.1) is 5.92 Å². The summed E-state index contributed by atoms with van der Waals surface area (Å²) >= 11 is 6.41. The SMILES string of the molecule is COc1ccc(C2C3=CCn4c(=O)n(CCc5nc6cc(OC)c(OC)cc6n(C)c5=O)c(=O)n4C3CC3C(=O)N(c4cccc(Cl)c4)C(=O)C32c2ccccc2)cc1O. The van der Waals surface area contributed by atoms with Crippen molar-refractivity contribution in [3.05, 3.63) is 150 Å².